The molecule has 0 radical (unpaired) electrons. The van der Waals surface area contributed by atoms with Crippen LogP contribution in [0.2, 0.25) is 0 Å². The Labute approximate surface area is 126 Å². The largest absolute Gasteiger partial charge is 0.481 e. The average molecular weight is 343 g/mol. The van der Waals surface area contributed by atoms with Crippen molar-refractivity contribution in [3.8, 4) is 0 Å². The first-order valence-electron chi connectivity index (χ1n) is 6.47. The van der Waals surface area contributed by atoms with Gasteiger partial charge in [-0.3, -0.25) is 4.79 Å². The number of carboxylic acid groups (broad SMARTS) is 1. The van der Waals surface area contributed by atoms with Gasteiger partial charge >= 0.3 is 12.0 Å². The number of aryl methyl sites for hydroxylation is 1. The first-order chi connectivity index (χ1) is 9.42. The second kappa shape index (κ2) is 7.89. The quantitative estimate of drug-likeness (QED) is 0.739. The lowest BCUT2D eigenvalue weighted by atomic mass is 10.1. The summed E-state index contributed by atoms with van der Waals surface area (Å²) in [6.07, 6.45) is 1.38. The highest BCUT2D eigenvalue weighted by molar-refractivity contribution is 9.10. The van der Waals surface area contributed by atoms with Crippen LogP contribution in [0.15, 0.2) is 22.7 Å². The van der Waals surface area contributed by atoms with Crippen molar-refractivity contribution in [2.24, 2.45) is 0 Å². The van der Waals surface area contributed by atoms with Crippen molar-refractivity contribution in [2.45, 2.75) is 39.2 Å². The number of carboxylic acids is 1. The van der Waals surface area contributed by atoms with E-state index in [1.54, 1.807) is 6.07 Å². The number of hydrogen-bond acceptors (Lipinski definition) is 2. The van der Waals surface area contributed by atoms with Gasteiger partial charge < -0.3 is 15.7 Å². The highest BCUT2D eigenvalue weighted by atomic mass is 79.9. The lowest BCUT2D eigenvalue weighted by molar-refractivity contribution is -0.137. The summed E-state index contributed by atoms with van der Waals surface area (Å²) in [5.41, 5.74) is 1.64. The van der Waals surface area contributed by atoms with Gasteiger partial charge in [0.2, 0.25) is 0 Å². The Morgan fingerprint density at radius 3 is 2.70 bits per heavy atom. The molecule has 1 aromatic carbocycles. The number of carbonyl (C=O) groups is 2. The van der Waals surface area contributed by atoms with Gasteiger partial charge in [-0.15, -0.1) is 0 Å². The number of halogens is 1. The van der Waals surface area contributed by atoms with E-state index in [1.807, 2.05) is 26.0 Å². The summed E-state index contributed by atoms with van der Waals surface area (Å²) in [4.78, 5) is 22.7. The van der Waals surface area contributed by atoms with Crippen molar-refractivity contribution in [1.82, 2.24) is 5.32 Å². The van der Waals surface area contributed by atoms with E-state index in [4.69, 9.17) is 5.11 Å². The minimum absolute atomic E-state index is 0.0707. The minimum atomic E-state index is -0.914. The second-order valence-electron chi connectivity index (χ2n) is 4.64. The molecule has 1 atom stereocenters. The normalized spacial score (nSPS) is 11.8. The minimum Gasteiger partial charge on any atom is -0.481 e. The predicted molar refractivity (Wildman–Crippen MR) is 82.0 cm³/mol. The number of benzene rings is 1. The van der Waals surface area contributed by atoms with Crippen LogP contribution < -0.4 is 10.6 Å². The standard InChI is InChI=1S/C14H19BrN2O3/c1-3-4-11(8-13(18)19)16-14(20)17-12-7-10(15)6-5-9(12)2/h5-7,11H,3-4,8H2,1-2H3,(H,18,19)(H2,16,17,20). The fraction of sp³-hybridized carbons (Fsp3) is 0.429. The number of hydrogen-bond donors (Lipinski definition) is 3. The molecule has 5 nitrogen and oxygen atoms in total. The summed E-state index contributed by atoms with van der Waals surface area (Å²) >= 11 is 3.35. The van der Waals surface area contributed by atoms with Crippen molar-refractivity contribution < 1.29 is 14.7 Å². The summed E-state index contributed by atoms with van der Waals surface area (Å²) in [7, 11) is 0. The Kier molecular flexibility index (Phi) is 6.51. The lowest BCUT2D eigenvalue weighted by Gasteiger charge is -2.17. The molecule has 0 saturated heterocycles. The monoisotopic (exact) mass is 342 g/mol. The summed E-state index contributed by atoms with van der Waals surface area (Å²) < 4.78 is 0.869. The molecule has 0 bridgehead atoms. The van der Waals surface area contributed by atoms with Gasteiger partial charge in [0.1, 0.15) is 0 Å². The molecule has 6 heteroatoms. The third-order valence-corrected chi connectivity index (χ3v) is 3.33. The van der Waals surface area contributed by atoms with Crippen LogP contribution >= 0.6 is 15.9 Å². The SMILES string of the molecule is CCCC(CC(=O)O)NC(=O)Nc1cc(Br)ccc1C. The zero-order valence-electron chi connectivity index (χ0n) is 11.6. The Morgan fingerprint density at radius 1 is 1.40 bits per heavy atom. The molecule has 20 heavy (non-hydrogen) atoms. The van der Waals surface area contributed by atoms with E-state index in [9.17, 15) is 9.59 Å². The van der Waals surface area contributed by atoms with Crippen LogP contribution in [0.25, 0.3) is 0 Å². The Morgan fingerprint density at radius 2 is 2.10 bits per heavy atom. The average Bonchev–Trinajstić information content (AvgIpc) is 2.33. The van der Waals surface area contributed by atoms with Gasteiger partial charge in [0, 0.05) is 16.2 Å². The Bertz CT molecular complexity index is 491. The van der Waals surface area contributed by atoms with Crippen LogP contribution in [0.3, 0.4) is 0 Å². The first-order valence-corrected chi connectivity index (χ1v) is 7.27. The molecule has 0 fully saturated rings. The third-order valence-electron chi connectivity index (χ3n) is 2.84. The van der Waals surface area contributed by atoms with Gasteiger partial charge in [-0.1, -0.05) is 35.3 Å². The van der Waals surface area contributed by atoms with E-state index in [0.29, 0.717) is 12.1 Å². The van der Waals surface area contributed by atoms with E-state index in [1.165, 1.54) is 0 Å². The summed E-state index contributed by atoms with van der Waals surface area (Å²) in [5, 5.41) is 14.3. The summed E-state index contributed by atoms with van der Waals surface area (Å²) in [6, 6.07) is 4.85. The topological polar surface area (TPSA) is 78.4 Å². The number of carbonyl (C=O) groups excluding carboxylic acids is 1. The molecule has 0 heterocycles. The van der Waals surface area contributed by atoms with Gasteiger partial charge in [-0.25, -0.2) is 4.79 Å². The van der Waals surface area contributed by atoms with Crippen molar-refractivity contribution in [3.63, 3.8) is 0 Å². The molecule has 0 aliphatic carbocycles. The van der Waals surface area contributed by atoms with Gasteiger partial charge in [-0.2, -0.15) is 0 Å². The van der Waals surface area contributed by atoms with Crippen LogP contribution in [-0.2, 0) is 4.79 Å². The van der Waals surface area contributed by atoms with Crippen molar-refractivity contribution in [2.75, 3.05) is 5.32 Å². The van der Waals surface area contributed by atoms with E-state index < -0.39 is 5.97 Å². The molecule has 0 aliphatic rings. The number of amides is 2. The van der Waals surface area contributed by atoms with E-state index >= 15 is 0 Å². The van der Waals surface area contributed by atoms with Gasteiger partial charge in [-0.05, 0) is 31.0 Å². The maximum atomic E-state index is 11.9. The van der Waals surface area contributed by atoms with Crippen LogP contribution in [0.5, 0.6) is 0 Å². The molecule has 1 rings (SSSR count). The summed E-state index contributed by atoms with van der Waals surface area (Å²) in [6.45, 7) is 3.84. The number of aliphatic carboxylic acids is 1. The van der Waals surface area contributed by atoms with E-state index in [0.717, 1.165) is 16.5 Å². The molecule has 0 spiro atoms. The molecule has 110 valence electrons. The number of urea groups is 1. The van der Waals surface area contributed by atoms with Crippen LogP contribution in [0.1, 0.15) is 31.7 Å². The highest BCUT2D eigenvalue weighted by Crippen LogP contribution is 2.20. The molecular formula is C14H19BrN2O3. The smallest absolute Gasteiger partial charge is 0.319 e. The van der Waals surface area contributed by atoms with Crippen LogP contribution in [0.4, 0.5) is 10.5 Å². The van der Waals surface area contributed by atoms with E-state index in [2.05, 4.69) is 26.6 Å². The zero-order chi connectivity index (χ0) is 15.1. The molecule has 0 saturated carbocycles. The molecule has 1 unspecified atom stereocenters. The second-order valence-corrected chi connectivity index (χ2v) is 5.56. The van der Waals surface area contributed by atoms with Crippen molar-refractivity contribution in [3.05, 3.63) is 28.2 Å². The van der Waals surface area contributed by atoms with Gasteiger partial charge in [0.05, 0.1) is 6.42 Å². The maximum Gasteiger partial charge on any atom is 0.319 e. The third kappa shape index (κ3) is 5.61. The lowest BCUT2D eigenvalue weighted by Crippen LogP contribution is -2.39. The Balaban J connectivity index is 2.65. The maximum absolute atomic E-state index is 11.9. The molecule has 3 N–H and O–H groups in total. The molecule has 2 amide bonds. The van der Waals surface area contributed by atoms with Crippen molar-refractivity contribution in [1.29, 1.82) is 0 Å². The summed E-state index contributed by atoms with van der Waals surface area (Å²) in [5.74, 6) is -0.914. The molecule has 0 aliphatic heterocycles. The first kappa shape index (κ1) is 16.5. The Hall–Kier alpha value is -1.56. The highest BCUT2D eigenvalue weighted by Gasteiger charge is 2.15. The number of rotatable bonds is 6. The van der Waals surface area contributed by atoms with Crippen LogP contribution in [-0.4, -0.2) is 23.1 Å². The number of anilines is 1. The van der Waals surface area contributed by atoms with Crippen LogP contribution in [0, 0.1) is 6.92 Å². The fourth-order valence-corrected chi connectivity index (χ4v) is 2.22. The molecule has 0 aromatic heterocycles. The van der Waals surface area contributed by atoms with Gasteiger partial charge in [0.15, 0.2) is 0 Å². The fourth-order valence-electron chi connectivity index (χ4n) is 1.86. The van der Waals surface area contributed by atoms with Gasteiger partial charge in [0.25, 0.3) is 0 Å². The predicted octanol–water partition coefficient (Wildman–Crippen LogP) is 3.52. The van der Waals surface area contributed by atoms with E-state index in [-0.39, 0.29) is 18.5 Å². The van der Waals surface area contributed by atoms with Crippen molar-refractivity contribution >= 4 is 33.6 Å². The zero-order valence-corrected chi connectivity index (χ0v) is 13.2. The number of nitrogens with one attached hydrogen (secondary N) is 2. The molecular weight excluding hydrogens is 324 g/mol. The molecule has 1 aromatic rings.